The van der Waals surface area contributed by atoms with Crippen LogP contribution in [0.4, 0.5) is 5.69 Å². The monoisotopic (exact) mass is 332 g/mol. The van der Waals surface area contributed by atoms with Gasteiger partial charge in [0.05, 0.1) is 0 Å². The summed E-state index contributed by atoms with van der Waals surface area (Å²) in [5, 5.41) is 9.18. The van der Waals surface area contributed by atoms with E-state index in [9.17, 15) is 4.79 Å². The molecule has 0 radical (unpaired) electrons. The molecular formula is C18H28N4O2. The van der Waals surface area contributed by atoms with Crippen molar-refractivity contribution in [2.45, 2.75) is 26.2 Å². The molecule has 132 valence electrons. The molecule has 0 saturated heterocycles. The SMILES string of the molecule is CCNC(=NCC(=O)Nc1ccccc1)NCCCOCC1CC1. The first kappa shape index (κ1) is 18.3. The summed E-state index contributed by atoms with van der Waals surface area (Å²) in [4.78, 5) is 16.2. The number of hydrogen-bond donors (Lipinski definition) is 3. The van der Waals surface area contributed by atoms with Crippen LogP contribution in [0.3, 0.4) is 0 Å². The van der Waals surface area contributed by atoms with Gasteiger partial charge in [-0.1, -0.05) is 18.2 Å². The van der Waals surface area contributed by atoms with Crippen LogP contribution < -0.4 is 16.0 Å². The van der Waals surface area contributed by atoms with Gasteiger partial charge in [-0.05, 0) is 44.2 Å². The number of para-hydroxylation sites is 1. The van der Waals surface area contributed by atoms with Gasteiger partial charge in [0.25, 0.3) is 0 Å². The summed E-state index contributed by atoms with van der Waals surface area (Å²) in [5.41, 5.74) is 0.781. The number of amides is 1. The average Bonchev–Trinajstić information content (AvgIpc) is 3.41. The third-order valence-electron chi connectivity index (χ3n) is 3.59. The Morgan fingerprint density at radius 1 is 1.25 bits per heavy atom. The van der Waals surface area contributed by atoms with Gasteiger partial charge >= 0.3 is 0 Å². The van der Waals surface area contributed by atoms with Crippen LogP contribution >= 0.6 is 0 Å². The number of carbonyl (C=O) groups excluding carboxylic acids is 1. The smallest absolute Gasteiger partial charge is 0.246 e. The van der Waals surface area contributed by atoms with Crippen molar-refractivity contribution in [1.82, 2.24) is 10.6 Å². The van der Waals surface area contributed by atoms with Crippen molar-refractivity contribution in [2.24, 2.45) is 10.9 Å². The van der Waals surface area contributed by atoms with Crippen LogP contribution in [0.1, 0.15) is 26.2 Å². The molecule has 1 aliphatic rings. The summed E-state index contributed by atoms with van der Waals surface area (Å²) in [6.45, 7) is 5.27. The van der Waals surface area contributed by atoms with Crippen molar-refractivity contribution in [3.8, 4) is 0 Å². The van der Waals surface area contributed by atoms with Crippen molar-refractivity contribution < 1.29 is 9.53 Å². The summed E-state index contributed by atoms with van der Waals surface area (Å²) < 4.78 is 5.60. The van der Waals surface area contributed by atoms with E-state index < -0.39 is 0 Å². The lowest BCUT2D eigenvalue weighted by Crippen LogP contribution is -2.38. The summed E-state index contributed by atoms with van der Waals surface area (Å²) in [6.07, 6.45) is 3.56. The molecule has 1 aliphatic carbocycles. The van der Waals surface area contributed by atoms with Crippen LogP contribution in [0.5, 0.6) is 0 Å². The lowest BCUT2D eigenvalue weighted by Gasteiger charge is -2.11. The number of guanidine groups is 1. The maximum atomic E-state index is 11.9. The molecule has 0 unspecified atom stereocenters. The van der Waals surface area contributed by atoms with E-state index in [0.29, 0.717) is 5.96 Å². The van der Waals surface area contributed by atoms with E-state index in [1.54, 1.807) is 0 Å². The molecule has 1 amide bonds. The standard InChI is InChI=1S/C18H28N4O2/c1-2-19-18(20-11-6-12-24-14-15-9-10-15)21-13-17(23)22-16-7-4-3-5-8-16/h3-5,7-8,15H,2,6,9-14H2,1H3,(H,22,23)(H2,19,20,21). The minimum Gasteiger partial charge on any atom is -0.381 e. The van der Waals surface area contributed by atoms with Gasteiger partial charge in [-0.25, -0.2) is 4.99 Å². The van der Waals surface area contributed by atoms with E-state index in [1.807, 2.05) is 37.3 Å². The van der Waals surface area contributed by atoms with Gasteiger partial charge in [0.1, 0.15) is 6.54 Å². The van der Waals surface area contributed by atoms with Crippen molar-refractivity contribution >= 4 is 17.6 Å². The second-order valence-electron chi connectivity index (χ2n) is 5.91. The molecule has 2 rings (SSSR count). The molecule has 1 aromatic rings. The highest BCUT2D eigenvalue weighted by Crippen LogP contribution is 2.28. The fraction of sp³-hybridized carbons (Fsp3) is 0.556. The maximum Gasteiger partial charge on any atom is 0.246 e. The molecule has 0 atom stereocenters. The Hall–Kier alpha value is -2.08. The van der Waals surface area contributed by atoms with Crippen molar-refractivity contribution in [1.29, 1.82) is 0 Å². The summed E-state index contributed by atoms with van der Waals surface area (Å²) in [6, 6.07) is 9.39. The Morgan fingerprint density at radius 3 is 2.75 bits per heavy atom. The van der Waals surface area contributed by atoms with Gasteiger partial charge in [0.15, 0.2) is 5.96 Å². The molecular weight excluding hydrogens is 304 g/mol. The van der Waals surface area contributed by atoms with E-state index in [-0.39, 0.29) is 12.5 Å². The Bertz CT molecular complexity index is 515. The first-order valence-corrected chi connectivity index (χ1v) is 8.72. The number of anilines is 1. The number of ether oxygens (including phenoxy) is 1. The van der Waals surface area contributed by atoms with Gasteiger partial charge in [-0.15, -0.1) is 0 Å². The number of aliphatic imine (C=N–C) groups is 1. The molecule has 6 heteroatoms. The molecule has 24 heavy (non-hydrogen) atoms. The third kappa shape index (κ3) is 7.97. The Morgan fingerprint density at radius 2 is 2.04 bits per heavy atom. The summed E-state index contributed by atoms with van der Waals surface area (Å²) >= 11 is 0. The van der Waals surface area contributed by atoms with E-state index in [4.69, 9.17) is 4.74 Å². The lowest BCUT2D eigenvalue weighted by atomic mass is 10.3. The normalized spacial score (nSPS) is 14.3. The second kappa shape index (κ2) is 10.6. The van der Waals surface area contributed by atoms with E-state index >= 15 is 0 Å². The number of nitrogens with zero attached hydrogens (tertiary/aromatic N) is 1. The number of nitrogens with one attached hydrogen (secondary N) is 3. The topological polar surface area (TPSA) is 74.8 Å². The van der Waals surface area contributed by atoms with Crippen LogP contribution in [0, 0.1) is 5.92 Å². The Balaban J connectivity index is 1.63. The zero-order chi connectivity index (χ0) is 17.0. The van der Waals surface area contributed by atoms with Crippen molar-refractivity contribution in [2.75, 3.05) is 38.2 Å². The van der Waals surface area contributed by atoms with Crippen LogP contribution in [0.25, 0.3) is 0 Å². The van der Waals surface area contributed by atoms with Crippen LogP contribution in [-0.4, -0.2) is 44.7 Å². The zero-order valence-electron chi connectivity index (χ0n) is 14.4. The van der Waals surface area contributed by atoms with Gasteiger partial charge < -0.3 is 20.7 Å². The van der Waals surface area contributed by atoms with Crippen LogP contribution in [-0.2, 0) is 9.53 Å². The van der Waals surface area contributed by atoms with Gasteiger partial charge in [0, 0.05) is 32.0 Å². The highest BCUT2D eigenvalue weighted by Gasteiger charge is 2.20. The molecule has 1 fully saturated rings. The van der Waals surface area contributed by atoms with Crippen LogP contribution in [0.2, 0.25) is 0 Å². The number of carbonyl (C=O) groups is 1. The molecule has 0 bridgehead atoms. The average molecular weight is 332 g/mol. The summed E-state index contributed by atoms with van der Waals surface area (Å²) in [5.74, 6) is 1.33. The van der Waals surface area contributed by atoms with Gasteiger partial charge in [-0.3, -0.25) is 4.79 Å². The fourth-order valence-electron chi connectivity index (χ4n) is 2.13. The van der Waals surface area contributed by atoms with Crippen LogP contribution in [0.15, 0.2) is 35.3 Å². The largest absolute Gasteiger partial charge is 0.381 e. The quantitative estimate of drug-likeness (QED) is 0.348. The van der Waals surface area contributed by atoms with Crippen molar-refractivity contribution in [3.63, 3.8) is 0 Å². The van der Waals surface area contributed by atoms with E-state index in [1.165, 1.54) is 12.8 Å². The van der Waals surface area contributed by atoms with Gasteiger partial charge in [-0.2, -0.15) is 0 Å². The fourth-order valence-corrected chi connectivity index (χ4v) is 2.13. The first-order valence-electron chi connectivity index (χ1n) is 8.72. The molecule has 1 saturated carbocycles. The summed E-state index contributed by atoms with van der Waals surface area (Å²) in [7, 11) is 0. The maximum absolute atomic E-state index is 11.9. The molecule has 0 heterocycles. The minimum absolute atomic E-state index is 0.0857. The van der Waals surface area contributed by atoms with E-state index in [0.717, 1.165) is 44.3 Å². The molecule has 3 N–H and O–H groups in total. The van der Waals surface area contributed by atoms with E-state index in [2.05, 4.69) is 20.9 Å². The lowest BCUT2D eigenvalue weighted by molar-refractivity contribution is -0.114. The molecule has 0 aliphatic heterocycles. The van der Waals surface area contributed by atoms with Crippen molar-refractivity contribution in [3.05, 3.63) is 30.3 Å². The molecule has 1 aromatic carbocycles. The first-order chi connectivity index (χ1) is 11.8. The molecule has 0 spiro atoms. The Kier molecular flexibility index (Phi) is 8.10. The number of rotatable bonds is 10. The molecule has 0 aromatic heterocycles. The second-order valence-corrected chi connectivity index (χ2v) is 5.91. The predicted octanol–water partition coefficient (Wildman–Crippen LogP) is 2.00. The minimum atomic E-state index is -0.133. The third-order valence-corrected chi connectivity index (χ3v) is 3.59. The Labute approximate surface area is 144 Å². The molecule has 6 nitrogen and oxygen atoms in total. The number of hydrogen-bond acceptors (Lipinski definition) is 3. The highest BCUT2D eigenvalue weighted by molar-refractivity contribution is 5.94. The zero-order valence-corrected chi connectivity index (χ0v) is 14.4. The van der Waals surface area contributed by atoms with Gasteiger partial charge in [0.2, 0.25) is 5.91 Å². The number of benzene rings is 1. The highest BCUT2D eigenvalue weighted by atomic mass is 16.5. The predicted molar refractivity (Wildman–Crippen MR) is 97.2 cm³/mol.